The van der Waals surface area contributed by atoms with Gasteiger partial charge in [-0.1, -0.05) is 36.4 Å². The van der Waals surface area contributed by atoms with Gasteiger partial charge in [-0.25, -0.2) is 4.99 Å². The molecule has 32 heavy (non-hydrogen) atoms. The van der Waals surface area contributed by atoms with Gasteiger partial charge in [0.05, 0.1) is 25.0 Å². The summed E-state index contributed by atoms with van der Waals surface area (Å²) in [7, 11) is 0. The van der Waals surface area contributed by atoms with Crippen LogP contribution in [0.25, 0.3) is 0 Å². The zero-order valence-corrected chi connectivity index (χ0v) is 19.0. The van der Waals surface area contributed by atoms with Crippen LogP contribution in [-0.2, 0) is 27.5 Å². The van der Waals surface area contributed by atoms with Crippen molar-refractivity contribution in [3.05, 3.63) is 47.5 Å². The number of amides is 2. The monoisotopic (exact) mass is 438 g/mol. The fraction of sp³-hybridized carbons (Fsp3) is 0.560. The number of nitrogens with one attached hydrogen (secondary N) is 2. The Balaban J connectivity index is 1.28. The molecular formula is C25H34N4O3. The van der Waals surface area contributed by atoms with Gasteiger partial charge in [0, 0.05) is 26.2 Å². The molecule has 1 saturated carbocycles. The third-order valence-electron chi connectivity index (χ3n) is 6.74. The molecule has 2 fully saturated rings. The molecule has 172 valence electrons. The molecule has 2 bridgehead atoms. The van der Waals surface area contributed by atoms with E-state index in [1.807, 2.05) is 26.0 Å². The maximum absolute atomic E-state index is 12.8. The highest BCUT2D eigenvalue weighted by Crippen LogP contribution is 2.52. The molecule has 4 unspecified atom stereocenters. The van der Waals surface area contributed by atoms with Gasteiger partial charge in [-0.3, -0.25) is 14.5 Å². The summed E-state index contributed by atoms with van der Waals surface area (Å²) in [4.78, 5) is 31.8. The Morgan fingerprint density at radius 3 is 2.41 bits per heavy atom. The molecule has 1 aliphatic heterocycles. The van der Waals surface area contributed by atoms with Crippen LogP contribution in [0.3, 0.4) is 0 Å². The number of fused-ring (bicyclic) bond motifs is 5. The first-order chi connectivity index (χ1) is 15.6. The van der Waals surface area contributed by atoms with E-state index in [0.29, 0.717) is 39.3 Å². The molecule has 1 aromatic rings. The highest BCUT2D eigenvalue weighted by Gasteiger charge is 2.58. The van der Waals surface area contributed by atoms with E-state index >= 15 is 0 Å². The van der Waals surface area contributed by atoms with Gasteiger partial charge in [-0.05, 0) is 49.7 Å². The van der Waals surface area contributed by atoms with Gasteiger partial charge in [0.25, 0.3) is 0 Å². The highest BCUT2D eigenvalue weighted by atomic mass is 16.5. The van der Waals surface area contributed by atoms with Crippen LogP contribution >= 0.6 is 0 Å². The van der Waals surface area contributed by atoms with Crippen molar-refractivity contribution < 1.29 is 14.3 Å². The fourth-order valence-corrected chi connectivity index (χ4v) is 5.20. The Morgan fingerprint density at radius 2 is 1.75 bits per heavy atom. The summed E-state index contributed by atoms with van der Waals surface area (Å²) in [5.74, 6) is 1.11. The Labute approximate surface area is 190 Å². The number of rotatable bonds is 10. The maximum Gasteiger partial charge on any atom is 0.233 e. The number of benzene rings is 1. The SMILES string of the molecule is CCNC(=NCc1ccccc1COCC)NCCCN1C(=O)C2C3C=CC(C3)C2C1=O. The first-order valence-corrected chi connectivity index (χ1v) is 11.8. The van der Waals surface area contributed by atoms with Crippen LogP contribution in [0.4, 0.5) is 0 Å². The molecule has 3 aliphatic rings. The van der Waals surface area contributed by atoms with Crippen molar-refractivity contribution in [1.29, 1.82) is 0 Å². The number of hydrogen-bond donors (Lipinski definition) is 2. The number of nitrogens with zero attached hydrogens (tertiary/aromatic N) is 2. The van der Waals surface area contributed by atoms with Crippen LogP contribution in [0.2, 0.25) is 0 Å². The molecule has 4 atom stereocenters. The van der Waals surface area contributed by atoms with Crippen molar-refractivity contribution in [1.82, 2.24) is 15.5 Å². The largest absolute Gasteiger partial charge is 0.377 e. The van der Waals surface area contributed by atoms with Crippen molar-refractivity contribution in [3.63, 3.8) is 0 Å². The van der Waals surface area contributed by atoms with Crippen LogP contribution in [0.1, 0.15) is 37.8 Å². The maximum atomic E-state index is 12.8. The van der Waals surface area contributed by atoms with Gasteiger partial charge >= 0.3 is 0 Å². The zero-order chi connectivity index (χ0) is 22.5. The van der Waals surface area contributed by atoms with Gasteiger partial charge in [0.2, 0.25) is 11.8 Å². The smallest absolute Gasteiger partial charge is 0.233 e. The Hall–Kier alpha value is -2.67. The molecule has 2 amide bonds. The van der Waals surface area contributed by atoms with Crippen molar-refractivity contribution >= 4 is 17.8 Å². The van der Waals surface area contributed by atoms with Crippen LogP contribution in [-0.4, -0.2) is 48.9 Å². The summed E-state index contributed by atoms with van der Waals surface area (Å²) in [5.41, 5.74) is 2.29. The third-order valence-corrected chi connectivity index (χ3v) is 6.74. The molecular weight excluding hydrogens is 404 g/mol. The average molecular weight is 439 g/mol. The Morgan fingerprint density at radius 1 is 1.06 bits per heavy atom. The number of likely N-dealkylation sites (tertiary alicyclic amines) is 1. The molecule has 1 aromatic carbocycles. The molecule has 7 heteroatoms. The van der Waals surface area contributed by atoms with E-state index in [1.54, 1.807) is 0 Å². The molecule has 0 spiro atoms. The summed E-state index contributed by atoms with van der Waals surface area (Å²) in [5, 5.41) is 6.60. The van der Waals surface area contributed by atoms with E-state index < -0.39 is 0 Å². The quantitative estimate of drug-likeness (QED) is 0.193. The minimum absolute atomic E-state index is 0.0309. The lowest BCUT2D eigenvalue weighted by molar-refractivity contribution is -0.140. The van der Waals surface area contributed by atoms with E-state index in [4.69, 9.17) is 9.73 Å². The topological polar surface area (TPSA) is 83.0 Å². The minimum Gasteiger partial charge on any atom is -0.377 e. The van der Waals surface area contributed by atoms with E-state index in [0.717, 1.165) is 30.1 Å². The average Bonchev–Trinajstić information content (AvgIpc) is 3.48. The van der Waals surface area contributed by atoms with E-state index in [-0.39, 0.29) is 35.5 Å². The lowest BCUT2D eigenvalue weighted by atomic mass is 9.85. The van der Waals surface area contributed by atoms with Gasteiger partial charge in [0.15, 0.2) is 5.96 Å². The molecule has 1 heterocycles. The first kappa shape index (κ1) is 22.5. The predicted octanol–water partition coefficient (Wildman–Crippen LogP) is 2.48. The number of carbonyl (C=O) groups excluding carboxylic acids is 2. The van der Waals surface area contributed by atoms with Crippen molar-refractivity contribution in [3.8, 4) is 0 Å². The summed E-state index contributed by atoms with van der Waals surface area (Å²) in [6, 6.07) is 8.18. The van der Waals surface area contributed by atoms with Gasteiger partial charge in [-0.2, -0.15) is 0 Å². The predicted molar refractivity (Wildman–Crippen MR) is 124 cm³/mol. The zero-order valence-electron chi connectivity index (χ0n) is 19.0. The lowest BCUT2D eigenvalue weighted by Crippen LogP contribution is -2.40. The number of carbonyl (C=O) groups is 2. The highest BCUT2D eigenvalue weighted by molar-refractivity contribution is 6.06. The molecule has 2 N–H and O–H groups in total. The number of ether oxygens (including phenoxy) is 1. The number of hydrogen-bond acceptors (Lipinski definition) is 4. The molecule has 4 rings (SSSR count). The molecule has 2 aliphatic carbocycles. The minimum atomic E-state index is -0.110. The first-order valence-electron chi connectivity index (χ1n) is 11.8. The molecule has 0 radical (unpaired) electrons. The van der Waals surface area contributed by atoms with Crippen molar-refractivity contribution in [2.24, 2.45) is 28.7 Å². The van der Waals surface area contributed by atoms with Crippen LogP contribution in [0, 0.1) is 23.7 Å². The van der Waals surface area contributed by atoms with Crippen molar-refractivity contribution in [2.75, 3.05) is 26.2 Å². The van der Waals surface area contributed by atoms with Crippen LogP contribution in [0.5, 0.6) is 0 Å². The number of aliphatic imine (C=N–C) groups is 1. The Bertz CT molecular complexity index is 867. The normalized spacial score (nSPS) is 26.2. The second-order valence-corrected chi connectivity index (χ2v) is 8.71. The van der Waals surface area contributed by atoms with Crippen molar-refractivity contribution in [2.45, 2.75) is 39.8 Å². The summed E-state index contributed by atoms with van der Waals surface area (Å²) >= 11 is 0. The van der Waals surface area contributed by atoms with Gasteiger partial charge in [0.1, 0.15) is 0 Å². The number of allylic oxidation sites excluding steroid dienone is 2. The van der Waals surface area contributed by atoms with Gasteiger partial charge < -0.3 is 15.4 Å². The van der Waals surface area contributed by atoms with E-state index in [1.165, 1.54) is 4.90 Å². The van der Waals surface area contributed by atoms with Crippen LogP contribution in [0.15, 0.2) is 41.4 Å². The summed E-state index contributed by atoms with van der Waals surface area (Å²) in [6.45, 7) is 7.72. The fourth-order valence-electron chi connectivity index (χ4n) is 5.20. The second-order valence-electron chi connectivity index (χ2n) is 8.71. The van der Waals surface area contributed by atoms with E-state index in [2.05, 4.69) is 34.9 Å². The lowest BCUT2D eigenvalue weighted by Gasteiger charge is -2.18. The Kier molecular flexibility index (Phi) is 7.25. The third kappa shape index (κ3) is 4.58. The van der Waals surface area contributed by atoms with E-state index in [9.17, 15) is 9.59 Å². The number of imide groups is 1. The molecule has 1 saturated heterocycles. The standard InChI is InChI=1S/C25H34N4O3/c1-3-26-25(28-15-19-8-5-6-9-20(19)16-32-4-2)27-12-7-13-29-23(30)21-17-10-11-18(14-17)22(21)24(29)31/h5-6,8-11,17-18,21-22H,3-4,7,12-16H2,1-2H3,(H2,26,27,28). The second kappa shape index (κ2) is 10.3. The molecule has 7 nitrogen and oxygen atoms in total. The number of guanidine groups is 1. The van der Waals surface area contributed by atoms with Crippen LogP contribution < -0.4 is 10.6 Å². The summed E-state index contributed by atoms with van der Waals surface area (Å²) < 4.78 is 5.56. The van der Waals surface area contributed by atoms with Gasteiger partial charge in [-0.15, -0.1) is 0 Å². The summed E-state index contributed by atoms with van der Waals surface area (Å²) in [6.07, 6.45) is 5.94. The molecule has 0 aromatic heterocycles.